The summed E-state index contributed by atoms with van der Waals surface area (Å²) < 4.78 is 68.1. The summed E-state index contributed by atoms with van der Waals surface area (Å²) in [4.78, 5) is 15.4. The van der Waals surface area contributed by atoms with Crippen LogP contribution in [0.15, 0.2) is 47.4 Å². The highest BCUT2D eigenvalue weighted by Gasteiger charge is 2.32. The molecule has 5 nitrogen and oxygen atoms in total. The highest BCUT2D eigenvalue weighted by Crippen LogP contribution is 2.33. The average Bonchev–Trinajstić information content (AvgIpc) is 3.26. The van der Waals surface area contributed by atoms with Crippen molar-refractivity contribution in [3.05, 3.63) is 64.7 Å². The van der Waals surface area contributed by atoms with Crippen LogP contribution in [0.4, 0.5) is 13.2 Å². The van der Waals surface area contributed by atoms with Crippen LogP contribution in [-0.2, 0) is 27.2 Å². The van der Waals surface area contributed by atoms with Gasteiger partial charge < -0.3 is 9.64 Å². The Bertz CT molecular complexity index is 1140. The van der Waals surface area contributed by atoms with Gasteiger partial charge >= 0.3 is 6.18 Å². The lowest BCUT2D eigenvalue weighted by atomic mass is 9.88. The largest absolute Gasteiger partial charge is 0.416 e. The third kappa shape index (κ3) is 5.63. The molecule has 2 aromatic rings. The van der Waals surface area contributed by atoms with E-state index in [1.807, 2.05) is 0 Å². The molecule has 0 aromatic heterocycles. The summed E-state index contributed by atoms with van der Waals surface area (Å²) in [7, 11) is -3.47. The number of halogens is 3. The second kappa shape index (κ2) is 9.70. The summed E-state index contributed by atoms with van der Waals surface area (Å²) in [5.41, 5.74) is 1.40. The van der Waals surface area contributed by atoms with Crippen molar-refractivity contribution in [1.82, 2.24) is 4.90 Å². The Hall–Kier alpha value is -2.39. The molecule has 2 aliphatic rings. The van der Waals surface area contributed by atoms with E-state index in [-0.39, 0.29) is 22.6 Å². The number of rotatable bonds is 5. The number of hydrogen-bond donors (Lipinski definition) is 0. The molecule has 1 unspecified atom stereocenters. The fourth-order valence-corrected chi connectivity index (χ4v) is 5.48. The lowest BCUT2D eigenvalue weighted by Crippen LogP contribution is -2.30. The number of alkyl halides is 3. The summed E-state index contributed by atoms with van der Waals surface area (Å²) in [6.07, 6.45) is -0.369. The molecule has 0 radical (unpaired) electrons. The third-order valence-corrected chi connectivity index (χ3v) is 7.83. The summed E-state index contributed by atoms with van der Waals surface area (Å²) in [6.45, 7) is 2.21. The number of sulfone groups is 1. The molecule has 9 heteroatoms. The lowest BCUT2D eigenvalue weighted by molar-refractivity contribution is -0.137. The molecule has 0 aliphatic carbocycles. The zero-order valence-corrected chi connectivity index (χ0v) is 19.8. The quantitative estimate of drug-likeness (QED) is 0.603. The zero-order valence-electron chi connectivity index (χ0n) is 19.0. The average molecular weight is 496 g/mol. The van der Waals surface area contributed by atoms with Crippen LogP contribution in [0.3, 0.4) is 0 Å². The first-order chi connectivity index (χ1) is 16.0. The number of carbonyl (C=O) groups is 1. The number of amides is 1. The molecule has 2 saturated heterocycles. The number of benzene rings is 2. The van der Waals surface area contributed by atoms with Crippen LogP contribution in [0, 0.1) is 5.92 Å². The topological polar surface area (TPSA) is 63.7 Å². The van der Waals surface area contributed by atoms with Gasteiger partial charge in [0, 0.05) is 38.1 Å². The number of likely N-dealkylation sites (tertiary alicyclic amines) is 1. The second-order valence-electron chi connectivity index (χ2n) is 9.21. The first kappa shape index (κ1) is 24.7. The van der Waals surface area contributed by atoms with Gasteiger partial charge in [-0.25, -0.2) is 8.42 Å². The Kier molecular flexibility index (Phi) is 7.05. The van der Waals surface area contributed by atoms with Crippen molar-refractivity contribution in [2.24, 2.45) is 5.92 Å². The lowest BCUT2D eigenvalue weighted by Gasteiger charge is -2.26. The van der Waals surface area contributed by atoms with Crippen molar-refractivity contribution < 1.29 is 31.1 Å². The Morgan fingerprint density at radius 3 is 2.35 bits per heavy atom. The normalized spacial score (nSPS) is 20.0. The molecule has 4 rings (SSSR count). The number of hydrogen-bond acceptors (Lipinski definition) is 4. The second-order valence-corrected chi connectivity index (χ2v) is 11.2. The monoisotopic (exact) mass is 495 g/mol. The van der Waals surface area contributed by atoms with E-state index in [0.717, 1.165) is 48.8 Å². The summed E-state index contributed by atoms with van der Waals surface area (Å²) >= 11 is 0. The van der Waals surface area contributed by atoms with Gasteiger partial charge in [0.25, 0.3) is 5.91 Å². The molecule has 2 aromatic carbocycles. The van der Waals surface area contributed by atoms with Gasteiger partial charge in [0.2, 0.25) is 0 Å². The fraction of sp³-hybridized carbons (Fsp3) is 0.480. The van der Waals surface area contributed by atoms with E-state index in [2.05, 4.69) is 0 Å². The van der Waals surface area contributed by atoms with Crippen LogP contribution in [-0.4, -0.2) is 51.8 Å². The van der Waals surface area contributed by atoms with E-state index < -0.39 is 21.6 Å². The van der Waals surface area contributed by atoms with Crippen molar-refractivity contribution in [1.29, 1.82) is 0 Å². The molecule has 0 saturated carbocycles. The SMILES string of the molecule is CS(=O)(=O)c1ccc(C2CCOCC2)c(C(=O)N2CCC(Cc3ccc(C(F)(F)F)cc3)C2)c1. The van der Waals surface area contributed by atoms with Crippen molar-refractivity contribution in [2.45, 2.75) is 42.7 Å². The molecule has 0 N–H and O–H groups in total. The molecule has 2 fully saturated rings. The maximum absolute atomic E-state index is 13.5. The van der Waals surface area contributed by atoms with Crippen molar-refractivity contribution in [3.63, 3.8) is 0 Å². The van der Waals surface area contributed by atoms with E-state index >= 15 is 0 Å². The number of nitrogens with zero attached hydrogens (tertiary/aromatic N) is 1. The first-order valence-corrected chi connectivity index (χ1v) is 13.3. The molecular weight excluding hydrogens is 467 g/mol. The molecule has 1 amide bonds. The Balaban J connectivity index is 1.51. The molecule has 184 valence electrons. The molecule has 34 heavy (non-hydrogen) atoms. The Morgan fingerprint density at radius 1 is 1.06 bits per heavy atom. The van der Waals surface area contributed by atoms with Gasteiger partial charge in [-0.1, -0.05) is 18.2 Å². The minimum absolute atomic E-state index is 0.118. The minimum Gasteiger partial charge on any atom is -0.381 e. The smallest absolute Gasteiger partial charge is 0.381 e. The maximum atomic E-state index is 13.5. The molecule has 0 spiro atoms. The number of ether oxygens (including phenoxy) is 1. The molecule has 1 atom stereocenters. The molecule has 2 aliphatic heterocycles. The zero-order chi connectivity index (χ0) is 24.5. The maximum Gasteiger partial charge on any atom is 0.416 e. The predicted octanol–water partition coefficient (Wildman–Crippen LogP) is 4.71. The van der Waals surface area contributed by atoms with Gasteiger partial charge in [0.1, 0.15) is 0 Å². The van der Waals surface area contributed by atoms with Crippen LogP contribution in [0.2, 0.25) is 0 Å². The van der Waals surface area contributed by atoms with Crippen molar-refractivity contribution in [2.75, 3.05) is 32.6 Å². The van der Waals surface area contributed by atoms with Crippen LogP contribution >= 0.6 is 0 Å². The van der Waals surface area contributed by atoms with Crippen LogP contribution in [0.25, 0.3) is 0 Å². The van der Waals surface area contributed by atoms with E-state index in [1.54, 1.807) is 17.0 Å². The third-order valence-electron chi connectivity index (χ3n) is 6.72. The van der Waals surface area contributed by atoms with Gasteiger partial charge in [-0.2, -0.15) is 13.2 Å². The van der Waals surface area contributed by atoms with Gasteiger partial charge in [0.05, 0.1) is 10.5 Å². The minimum atomic E-state index is -4.36. The van der Waals surface area contributed by atoms with Gasteiger partial charge in [-0.05, 0) is 72.9 Å². The summed E-state index contributed by atoms with van der Waals surface area (Å²) in [5.74, 6) is 0.0686. The van der Waals surface area contributed by atoms with Crippen molar-refractivity contribution in [3.8, 4) is 0 Å². The van der Waals surface area contributed by atoms with Crippen LogP contribution in [0.5, 0.6) is 0 Å². The Labute approximate surface area is 197 Å². The molecular formula is C25H28F3NO4S. The van der Waals surface area contributed by atoms with Crippen LogP contribution < -0.4 is 0 Å². The predicted molar refractivity (Wildman–Crippen MR) is 122 cm³/mol. The van der Waals surface area contributed by atoms with Gasteiger partial charge in [0.15, 0.2) is 9.84 Å². The number of carbonyl (C=O) groups excluding carboxylic acids is 1. The highest BCUT2D eigenvalue weighted by atomic mass is 32.2. The summed E-state index contributed by atoms with van der Waals surface area (Å²) in [5, 5.41) is 0. The van der Waals surface area contributed by atoms with Crippen molar-refractivity contribution >= 4 is 15.7 Å². The van der Waals surface area contributed by atoms with Gasteiger partial charge in [-0.15, -0.1) is 0 Å². The molecule has 0 bridgehead atoms. The summed E-state index contributed by atoms with van der Waals surface area (Å²) in [6, 6.07) is 9.97. The van der Waals surface area contributed by atoms with E-state index in [0.29, 0.717) is 38.3 Å². The van der Waals surface area contributed by atoms with E-state index in [4.69, 9.17) is 4.74 Å². The fourth-order valence-electron chi connectivity index (χ4n) is 4.83. The standard InChI is InChI=1S/C25H28F3NO4S/c1-34(31,32)21-6-7-22(19-9-12-33-13-10-19)23(15-21)24(30)29-11-8-18(16-29)14-17-2-4-20(5-3-17)25(26,27)28/h2-7,15,18-19H,8-14,16H2,1H3. The van der Waals surface area contributed by atoms with E-state index in [9.17, 15) is 26.4 Å². The highest BCUT2D eigenvalue weighted by molar-refractivity contribution is 7.90. The van der Waals surface area contributed by atoms with Crippen LogP contribution in [0.1, 0.15) is 52.2 Å². The van der Waals surface area contributed by atoms with E-state index in [1.165, 1.54) is 18.2 Å². The van der Waals surface area contributed by atoms with Gasteiger partial charge in [-0.3, -0.25) is 4.79 Å². The molecule has 2 heterocycles. The first-order valence-electron chi connectivity index (χ1n) is 11.4. The Morgan fingerprint density at radius 2 is 1.74 bits per heavy atom.